The van der Waals surface area contributed by atoms with Crippen molar-refractivity contribution in [1.29, 1.82) is 0 Å². The van der Waals surface area contributed by atoms with Crippen molar-refractivity contribution >= 4 is 11.4 Å². The van der Waals surface area contributed by atoms with Crippen LogP contribution in [0.3, 0.4) is 0 Å². The Labute approximate surface area is 104 Å². The fraction of sp³-hybridized carbons (Fsp3) is 0.154. The number of pyridine rings is 1. The van der Waals surface area contributed by atoms with E-state index in [0.29, 0.717) is 23.5 Å². The molecule has 1 heterocycles. The monoisotopic (exact) mass is 249 g/mol. The lowest BCUT2D eigenvalue weighted by molar-refractivity contribution is 0.150. The molecular weight excluding hydrogens is 236 g/mol. The Balaban J connectivity index is 2.14. The van der Waals surface area contributed by atoms with Crippen LogP contribution >= 0.6 is 0 Å². The minimum atomic E-state index is -2.47. The van der Waals surface area contributed by atoms with E-state index in [-0.39, 0.29) is 5.56 Å². The topological polar surface area (TPSA) is 50.9 Å². The quantitative estimate of drug-likeness (QED) is 0.874. The van der Waals surface area contributed by atoms with Gasteiger partial charge in [-0.05, 0) is 11.6 Å². The Hall–Kier alpha value is -2.17. The standard InChI is InChI=1S/C13H13F2N3/c14-13(15)10-4-2-1-3-9(10)7-18-12-5-6-17-8-11(12)16/h1-6,8,13H,7,16H2,(H,17,18). The summed E-state index contributed by atoms with van der Waals surface area (Å²) in [6.07, 6.45) is 0.636. The predicted molar refractivity (Wildman–Crippen MR) is 67.4 cm³/mol. The molecule has 0 unspecified atom stereocenters. The number of nitrogens with zero attached hydrogens (tertiary/aromatic N) is 1. The number of hydrogen-bond acceptors (Lipinski definition) is 3. The number of halogens is 2. The van der Waals surface area contributed by atoms with Crippen molar-refractivity contribution < 1.29 is 8.78 Å². The summed E-state index contributed by atoms with van der Waals surface area (Å²) in [6.45, 7) is 0.300. The van der Waals surface area contributed by atoms with Crippen LogP contribution in [0.15, 0.2) is 42.7 Å². The van der Waals surface area contributed by atoms with E-state index in [1.807, 2.05) is 0 Å². The summed E-state index contributed by atoms with van der Waals surface area (Å²) in [5.74, 6) is 0. The van der Waals surface area contributed by atoms with E-state index in [1.54, 1.807) is 30.5 Å². The van der Waals surface area contributed by atoms with Gasteiger partial charge in [0.25, 0.3) is 6.43 Å². The van der Waals surface area contributed by atoms with Gasteiger partial charge in [0.05, 0.1) is 17.6 Å². The molecule has 3 N–H and O–H groups in total. The number of benzene rings is 1. The number of nitrogens with two attached hydrogens (primary N) is 1. The van der Waals surface area contributed by atoms with Crippen LogP contribution in [0, 0.1) is 0 Å². The lowest BCUT2D eigenvalue weighted by Gasteiger charge is -2.12. The van der Waals surface area contributed by atoms with E-state index in [1.165, 1.54) is 12.3 Å². The van der Waals surface area contributed by atoms with E-state index in [9.17, 15) is 8.78 Å². The van der Waals surface area contributed by atoms with Crippen LogP contribution in [0.1, 0.15) is 17.6 Å². The van der Waals surface area contributed by atoms with Crippen molar-refractivity contribution in [3.05, 3.63) is 53.9 Å². The van der Waals surface area contributed by atoms with Crippen molar-refractivity contribution in [2.45, 2.75) is 13.0 Å². The summed E-state index contributed by atoms with van der Waals surface area (Å²) in [4.78, 5) is 3.86. The van der Waals surface area contributed by atoms with E-state index in [4.69, 9.17) is 5.73 Å². The molecule has 5 heteroatoms. The van der Waals surface area contributed by atoms with Crippen molar-refractivity contribution in [3.8, 4) is 0 Å². The molecule has 0 fully saturated rings. The Morgan fingerprint density at radius 2 is 2.00 bits per heavy atom. The maximum atomic E-state index is 12.8. The zero-order valence-electron chi connectivity index (χ0n) is 9.61. The molecule has 0 saturated carbocycles. The van der Waals surface area contributed by atoms with Gasteiger partial charge in [-0.1, -0.05) is 24.3 Å². The highest BCUT2D eigenvalue weighted by atomic mass is 19.3. The number of rotatable bonds is 4. The smallest absolute Gasteiger partial charge is 0.264 e. The molecule has 0 aliphatic rings. The molecule has 2 rings (SSSR count). The molecule has 0 aliphatic heterocycles. The Kier molecular flexibility index (Phi) is 3.72. The second-order valence-corrected chi connectivity index (χ2v) is 3.82. The summed E-state index contributed by atoms with van der Waals surface area (Å²) in [5.41, 5.74) is 7.49. The highest BCUT2D eigenvalue weighted by molar-refractivity contribution is 5.64. The molecular formula is C13H13F2N3. The Morgan fingerprint density at radius 3 is 2.72 bits per heavy atom. The van der Waals surface area contributed by atoms with E-state index >= 15 is 0 Å². The molecule has 94 valence electrons. The van der Waals surface area contributed by atoms with Gasteiger partial charge >= 0.3 is 0 Å². The van der Waals surface area contributed by atoms with Crippen molar-refractivity contribution in [2.24, 2.45) is 0 Å². The first kappa shape index (κ1) is 12.3. The lowest BCUT2D eigenvalue weighted by atomic mass is 10.1. The molecule has 0 aliphatic carbocycles. The van der Waals surface area contributed by atoms with Gasteiger partial charge in [0.2, 0.25) is 0 Å². The first-order valence-electron chi connectivity index (χ1n) is 5.48. The van der Waals surface area contributed by atoms with Crippen LogP contribution in [-0.4, -0.2) is 4.98 Å². The van der Waals surface area contributed by atoms with Crippen molar-refractivity contribution in [3.63, 3.8) is 0 Å². The van der Waals surface area contributed by atoms with Gasteiger partial charge in [-0.2, -0.15) is 0 Å². The van der Waals surface area contributed by atoms with Gasteiger partial charge in [-0.15, -0.1) is 0 Å². The van der Waals surface area contributed by atoms with Crippen molar-refractivity contribution in [2.75, 3.05) is 11.1 Å². The highest BCUT2D eigenvalue weighted by Gasteiger charge is 2.11. The van der Waals surface area contributed by atoms with Crippen LogP contribution in [0.25, 0.3) is 0 Å². The van der Waals surface area contributed by atoms with Gasteiger partial charge in [-0.3, -0.25) is 4.98 Å². The molecule has 0 amide bonds. The SMILES string of the molecule is Nc1cnccc1NCc1ccccc1C(F)F. The maximum Gasteiger partial charge on any atom is 0.264 e. The molecule has 0 saturated heterocycles. The maximum absolute atomic E-state index is 12.8. The number of hydrogen-bond donors (Lipinski definition) is 2. The molecule has 0 atom stereocenters. The third kappa shape index (κ3) is 2.74. The fourth-order valence-corrected chi connectivity index (χ4v) is 1.67. The van der Waals surface area contributed by atoms with Crippen molar-refractivity contribution in [1.82, 2.24) is 4.98 Å². The summed E-state index contributed by atoms with van der Waals surface area (Å²) in [7, 11) is 0. The summed E-state index contributed by atoms with van der Waals surface area (Å²) < 4.78 is 25.5. The van der Waals surface area contributed by atoms with Crippen LogP contribution in [0.2, 0.25) is 0 Å². The zero-order chi connectivity index (χ0) is 13.0. The summed E-state index contributed by atoms with van der Waals surface area (Å²) in [5, 5.41) is 3.03. The average Bonchev–Trinajstić information content (AvgIpc) is 2.38. The van der Waals surface area contributed by atoms with Crippen LogP contribution in [0.4, 0.5) is 20.2 Å². The summed E-state index contributed by atoms with van der Waals surface area (Å²) >= 11 is 0. The molecule has 0 radical (unpaired) electrons. The van der Waals surface area contributed by atoms with Gasteiger partial charge < -0.3 is 11.1 Å². The lowest BCUT2D eigenvalue weighted by Crippen LogP contribution is -2.05. The van der Waals surface area contributed by atoms with Crippen LogP contribution in [-0.2, 0) is 6.54 Å². The number of aromatic nitrogens is 1. The largest absolute Gasteiger partial charge is 0.396 e. The second-order valence-electron chi connectivity index (χ2n) is 3.82. The first-order chi connectivity index (χ1) is 8.68. The van der Waals surface area contributed by atoms with Gasteiger partial charge in [0.15, 0.2) is 0 Å². The summed E-state index contributed by atoms with van der Waals surface area (Å²) in [6, 6.07) is 8.15. The fourth-order valence-electron chi connectivity index (χ4n) is 1.67. The predicted octanol–water partition coefficient (Wildman–Crippen LogP) is 3.21. The minimum absolute atomic E-state index is 0.0395. The van der Waals surface area contributed by atoms with Gasteiger partial charge in [0.1, 0.15) is 0 Å². The molecule has 3 nitrogen and oxygen atoms in total. The number of nitrogen functional groups attached to an aromatic ring is 1. The number of nitrogens with one attached hydrogen (secondary N) is 1. The normalized spacial score (nSPS) is 10.6. The van der Waals surface area contributed by atoms with Gasteiger partial charge in [0, 0.05) is 18.3 Å². The number of anilines is 2. The third-order valence-electron chi connectivity index (χ3n) is 2.61. The Morgan fingerprint density at radius 1 is 1.22 bits per heavy atom. The average molecular weight is 249 g/mol. The highest BCUT2D eigenvalue weighted by Crippen LogP contribution is 2.24. The minimum Gasteiger partial charge on any atom is -0.396 e. The van der Waals surface area contributed by atoms with E-state index in [2.05, 4.69) is 10.3 Å². The molecule has 18 heavy (non-hydrogen) atoms. The molecule has 0 spiro atoms. The zero-order valence-corrected chi connectivity index (χ0v) is 9.61. The first-order valence-corrected chi connectivity index (χ1v) is 5.48. The second kappa shape index (κ2) is 5.44. The van der Waals surface area contributed by atoms with Crippen LogP contribution in [0.5, 0.6) is 0 Å². The van der Waals surface area contributed by atoms with Gasteiger partial charge in [-0.25, -0.2) is 8.78 Å². The Bertz CT molecular complexity index is 529. The molecule has 0 bridgehead atoms. The van der Waals surface area contributed by atoms with Crippen LogP contribution < -0.4 is 11.1 Å². The van der Waals surface area contributed by atoms with E-state index in [0.717, 1.165) is 0 Å². The third-order valence-corrected chi connectivity index (χ3v) is 2.61. The number of alkyl halides is 2. The molecule has 1 aromatic heterocycles. The molecule has 1 aromatic carbocycles. The van der Waals surface area contributed by atoms with E-state index < -0.39 is 6.43 Å². The molecule has 2 aromatic rings.